The molecule has 2 N–H and O–H groups in total. The lowest BCUT2D eigenvalue weighted by molar-refractivity contribution is 0.0696. The first kappa shape index (κ1) is 16.5. The van der Waals surface area contributed by atoms with Crippen LogP contribution in [0, 0.1) is 13.8 Å². The molecule has 3 aromatic rings. The molecular weight excluding hydrogens is 322 g/mol. The maximum Gasteiger partial charge on any atom is 0.337 e. The molecule has 2 aromatic heterocycles. The molecule has 0 fully saturated rings. The normalized spacial score (nSPS) is 10.7. The molecule has 3 rings (SSSR count). The standard InChI is InChI=1S/C18H17N3O4/c1-10-8-12(4-6-14(10)25-3)16-11(2)20-21(17(16)22)15-7-5-13(9-19-15)18(23)24/h4-9,22H,1-3H3,(H,23,24). The van der Waals surface area contributed by atoms with Crippen molar-refractivity contribution in [1.82, 2.24) is 14.8 Å². The van der Waals surface area contributed by atoms with Crippen LogP contribution in [0.2, 0.25) is 0 Å². The molecule has 0 aliphatic carbocycles. The number of rotatable bonds is 4. The van der Waals surface area contributed by atoms with Crippen LogP contribution in [0.4, 0.5) is 0 Å². The third-order valence-corrected chi connectivity index (χ3v) is 3.93. The zero-order chi connectivity index (χ0) is 18.1. The summed E-state index contributed by atoms with van der Waals surface area (Å²) in [6.07, 6.45) is 1.23. The lowest BCUT2D eigenvalue weighted by atomic mass is 10.0. The van der Waals surface area contributed by atoms with E-state index >= 15 is 0 Å². The second-order valence-electron chi connectivity index (χ2n) is 5.59. The Labute approximate surface area is 144 Å². The summed E-state index contributed by atoms with van der Waals surface area (Å²) in [5.74, 6) is -0.0201. The second-order valence-corrected chi connectivity index (χ2v) is 5.59. The van der Waals surface area contributed by atoms with Gasteiger partial charge in [-0.2, -0.15) is 9.78 Å². The molecule has 0 unspecified atom stereocenters. The van der Waals surface area contributed by atoms with Crippen molar-refractivity contribution < 1.29 is 19.7 Å². The fourth-order valence-electron chi connectivity index (χ4n) is 2.68. The zero-order valence-corrected chi connectivity index (χ0v) is 14.0. The lowest BCUT2D eigenvalue weighted by Gasteiger charge is -2.08. The summed E-state index contributed by atoms with van der Waals surface area (Å²) in [5.41, 5.74) is 3.04. The summed E-state index contributed by atoms with van der Waals surface area (Å²) >= 11 is 0. The van der Waals surface area contributed by atoms with Crippen molar-refractivity contribution in [1.29, 1.82) is 0 Å². The summed E-state index contributed by atoms with van der Waals surface area (Å²) in [6.45, 7) is 3.71. The smallest absolute Gasteiger partial charge is 0.337 e. The van der Waals surface area contributed by atoms with Crippen molar-refractivity contribution in [2.24, 2.45) is 0 Å². The Balaban J connectivity index is 2.07. The summed E-state index contributed by atoms with van der Waals surface area (Å²) in [6, 6.07) is 8.51. The quantitative estimate of drug-likeness (QED) is 0.758. The average Bonchev–Trinajstić information content (AvgIpc) is 2.89. The van der Waals surface area contributed by atoms with E-state index in [1.165, 1.54) is 23.0 Å². The fraction of sp³-hybridized carbons (Fsp3) is 0.167. The number of hydrogen-bond acceptors (Lipinski definition) is 5. The van der Waals surface area contributed by atoms with Gasteiger partial charge in [0.05, 0.1) is 23.9 Å². The number of aromatic hydroxyl groups is 1. The van der Waals surface area contributed by atoms with E-state index in [0.29, 0.717) is 17.1 Å². The first-order valence-electron chi connectivity index (χ1n) is 7.55. The highest BCUT2D eigenvalue weighted by atomic mass is 16.5. The van der Waals surface area contributed by atoms with E-state index in [1.807, 2.05) is 25.1 Å². The van der Waals surface area contributed by atoms with E-state index in [0.717, 1.165) is 16.9 Å². The Kier molecular flexibility index (Phi) is 4.14. The van der Waals surface area contributed by atoms with Gasteiger partial charge in [-0.05, 0) is 49.2 Å². The first-order valence-corrected chi connectivity index (χ1v) is 7.55. The number of carboxylic acids is 1. The van der Waals surface area contributed by atoms with Crippen LogP contribution in [-0.4, -0.2) is 38.1 Å². The van der Waals surface area contributed by atoms with Crippen molar-refractivity contribution >= 4 is 5.97 Å². The molecule has 0 saturated carbocycles. The minimum Gasteiger partial charge on any atom is -0.496 e. The third-order valence-electron chi connectivity index (χ3n) is 3.93. The Morgan fingerprint density at radius 3 is 2.52 bits per heavy atom. The average molecular weight is 339 g/mol. The first-order chi connectivity index (χ1) is 11.9. The van der Waals surface area contributed by atoms with Crippen molar-refractivity contribution in [3.63, 3.8) is 0 Å². The van der Waals surface area contributed by atoms with Gasteiger partial charge in [0, 0.05) is 6.20 Å². The molecule has 0 aliphatic rings. The molecule has 0 aliphatic heterocycles. The molecular formula is C18H17N3O4. The molecule has 0 saturated heterocycles. The number of aryl methyl sites for hydroxylation is 2. The minimum atomic E-state index is -1.06. The van der Waals surface area contributed by atoms with Gasteiger partial charge < -0.3 is 14.9 Å². The molecule has 25 heavy (non-hydrogen) atoms. The summed E-state index contributed by atoms with van der Waals surface area (Å²) in [5, 5.41) is 23.9. The number of pyridine rings is 1. The summed E-state index contributed by atoms with van der Waals surface area (Å²) < 4.78 is 6.55. The number of nitrogens with zero attached hydrogens (tertiary/aromatic N) is 3. The van der Waals surface area contributed by atoms with E-state index in [-0.39, 0.29) is 11.4 Å². The van der Waals surface area contributed by atoms with Gasteiger partial charge in [-0.1, -0.05) is 6.07 Å². The maximum atomic E-state index is 10.9. The molecule has 2 heterocycles. The molecule has 0 radical (unpaired) electrons. The van der Waals surface area contributed by atoms with E-state index in [2.05, 4.69) is 10.1 Å². The highest BCUT2D eigenvalue weighted by Gasteiger charge is 2.19. The summed E-state index contributed by atoms with van der Waals surface area (Å²) in [7, 11) is 1.61. The van der Waals surface area contributed by atoms with Crippen molar-refractivity contribution in [3.8, 4) is 28.6 Å². The van der Waals surface area contributed by atoms with Gasteiger partial charge in [0.1, 0.15) is 5.75 Å². The Morgan fingerprint density at radius 2 is 1.96 bits per heavy atom. The fourth-order valence-corrected chi connectivity index (χ4v) is 2.68. The van der Waals surface area contributed by atoms with Crippen LogP contribution in [0.5, 0.6) is 11.6 Å². The Bertz CT molecular complexity index is 946. The van der Waals surface area contributed by atoms with E-state index in [1.54, 1.807) is 14.0 Å². The molecule has 0 spiro atoms. The van der Waals surface area contributed by atoms with Gasteiger partial charge in [-0.15, -0.1) is 0 Å². The molecule has 128 valence electrons. The van der Waals surface area contributed by atoms with Gasteiger partial charge >= 0.3 is 5.97 Å². The van der Waals surface area contributed by atoms with E-state index in [9.17, 15) is 9.90 Å². The number of aromatic carboxylic acids is 1. The van der Waals surface area contributed by atoms with Crippen molar-refractivity contribution in [2.75, 3.05) is 7.11 Å². The number of methoxy groups -OCH3 is 1. The Hall–Kier alpha value is -3.35. The minimum absolute atomic E-state index is 0.0577. The third kappa shape index (κ3) is 2.91. The SMILES string of the molecule is COc1ccc(-c2c(C)nn(-c3ccc(C(=O)O)cn3)c2O)cc1C. The lowest BCUT2D eigenvalue weighted by Crippen LogP contribution is -2.02. The van der Waals surface area contributed by atoms with Gasteiger partial charge in [0.2, 0.25) is 5.88 Å². The van der Waals surface area contributed by atoms with E-state index < -0.39 is 5.97 Å². The number of carbonyl (C=O) groups is 1. The van der Waals surface area contributed by atoms with Crippen LogP contribution < -0.4 is 4.74 Å². The number of hydrogen-bond donors (Lipinski definition) is 2. The molecule has 0 amide bonds. The van der Waals surface area contributed by atoms with Gasteiger partial charge in [0.15, 0.2) is 5.82 Å². The molecule has 0 bridgehead atoms. The van der Waals surface area contributed by atoms with E-state index in [4.69, 9.17) is 9.84 Å². The van der Waals surface area contributed by atoms with Crippen LogP contribution >= 0.6 is 0 Å². The van der Waals surface area contributed by atoms with Crippen molar-refractivity contribution in [2.45, 2.75) is 13.8 Å². The monoisotopic (exact) mass is 339 g/mol. The van der Waals surface area contributed by atoms with Crippen LogP contribution in [0.1, 0.15) is 21.6 Å². The van der Waals surface area contributed by atoms with Crippen LogP contribution in [0.25, 0.3) is 16.9 Å². The van der Waals surface area contributed by atoms with Crippen molar-refractivity contribution in [3.05, 3.63) is 53.3 Å². The molecule has 7 nitrogen and oxygen atoms in total. The van der Waals surface area contributed by atoms with Gasteiger partial charge in [-0.25, -0.2) is 9.78 Å². The van der Waals surface area contributed by atoms with Crippen LogP contribution in [-0.2, 0) is 0 Å². The zero-order valence-electron chi connectivity index (χ0n) is 14.0. The second kappa shape index (κ2) is 6.27. The summed E-state index contributed by atoms with van der Waals surface area (Å²) in [4.78, 5) is 15.0. The number of ether oxygens (including phenoxy) is 1. The molecule has 1 aromatic carbocycles. The number of carboxylic acid groups (broad SMARTS) is 1. The molecule has 7 heteroatoms. The molecule has 0 atom stereocenters. The Morgan fingerprint density at radius 1 is 1.20 bits per heavy atom. The maximum absolute atomic E-state index is 10.9. The highest BCUT2D eigenvalue weighted by Crippen LogP contribution is 2.35. The number of aromatic nitrogens is 3. The predicted octanol–water partition coefficient (Wildman–Crippen LogP) is 2.96. The predicted molar refractivity (Wildman–Crippen MR) is 91.4 cm³/mol. The van der Waals surface area contributed by atoms with Gasteiger partial charge in [-0.3, -0.25) is 0 Å². The van der Waals surface area contributed by atoms with Gasteiger partial charge in [0.25, 0.3) is 0 Å². The van der Waals surface area contributed by atoms with Crippen LogP contribution in [0.3, 0.4) is 0 Å². The largest absolute Gasteiger partial charge is 0.496 e. The number of benzene rings is 1. The van der Waals surface area contributed by atoms with Crippen LogP contribution in [0.15, 0.2) is 36.5 Å². The highest BCUT2D eigenvalue weighted by molar-refractivity contribution is 5.87. The topological polar surface area (TPSA) is 97.5 Å².